The van der Waals surface area contributed by atoms with Crippen LogP contribution in [0.3, 0.4) is 0 Å². The third kappa shape index (κ3) is 2.97. The summed E-state index contributed by atoms with van der Waals surface area (Å²) in [5, 5.41) is 16.9. The Kier molecular flexibility index (Phi) is 4.24. The number of carboxylic acid groups (broad SMARTS) is 1. The topological polar surface area (TPSA) is 67.2 Å². The molecule has 1 aliphatic carbocycles. The molecule has 2 atom stereocenters. The number of nitrogens with one attached hydrogen (secondary N) is 1. The average Bonchev–Trinajstić information content (AvgIpc) is 2.89. The van der Waals surface area contributed by atoms with Crippen LogP contribution in [0.4, 0.5) is 0 Å². The number of aryl methyl sites for hydroxylation is 2. The summed E-state index contributed by atoms with van der Waals surface area (Å²) in [6, 6.07) is 0. The summed E-state index contributed by atoms with van der Waals surface area (Å²) in [5.41, 5.74) is 3.45. The lowest BCUT2D eigenvalue weighted by atomic mass is 9.96. The lowest BCUT2D eigenvalue weighted by molar-refractivity contribution is -0.142. The number of carboxylic acids is 1. The minimum Gasteiger partial charge on any atom is -0.481 e. The van der Waals surface area contributed by atoms with Crippen molar-refractivity contribution in [2.24, 2.45) is 18.9 Å². The predicted molar refractivity (Wildman–Crippen MR) is 72.9 cm³/mol. The van der Waals surface area contributed by atoms with Gasteiger partial charge in [0.25, 0.3) is 0 Å². The number of aromatic nitrogens is 2. The Morgan fingerprint density at radius 3 is 2.79 bits per heavy atom. The maximum Gasteiger partial charge on any atom is 0.306 e. The number of nitrogens with zero attached hydrogens (tertiary/aromatic N) is 2. The highest BCUT2D eigenvalue weighted by Gasteiger charge is 2.32. The number of hydrogen-bond acceptors (Lipinski definition) is 3. The van der Waals surface area contributed by atoms with Crippen molar-refractivity contribution in [2.45, 2.75) is 39.7 Å². The first-order valence-corrected chi connectivity index (χ1v) is 6.93. The predicted octanol–water partition coefficient (Wildman–Crippen LogP) is 1.63. The maximum atomic E-state index is 11.1. The number of carbonyl (C=O) groups is 1. The Bertz CT molecular complexity index is 468. The largest absolute Gasteiger partial charge is 0.481 e. The standard InChI is InChI=1S/C14H23N3O2/c1-9-13(10(2)17(3)16-9)8-15-7-11-5-4-6-12(11)14(18)19/h11-12,15H,4-8H2,1-3H3,(H,18,19). The van der Waals surface area contributed by atoms with Gasteiger partial charge < -0.3 is 10.4 Å². The summed E-state index contributed by atoms with van der Waals surface area (Å²) in [6.07, 6.45) is 2.88. The van der Waals surface area contributed by atoms with Crippen LogP contribution >= 0.6 is 0 Å². The van der Waals surface area contributed by atoms with E-state index in [-0.39, 0.29) is 11.8 Å². The van der Waals surface area contributed by atoms with Crippen molar-refractivity contribution in [3.63, 3.8) is 0 Å². The third-order valence-electron chi connectivity index (χ3n) is 4.34. The quantitative estimate of drug-likeness (QED) is 0.849. The van der Waals surface area contributed by atoms with E-state index in [1.807, 2.05) is 18.7 Å². The Labute approximate surface area is 114 Å². The van der Waals surface area contributed by atoms with Crippen LogP contribution in [0, 0.1) is 25.7 Å². The van der Waals surface area contributed by atoms with Gasteiger partial charge in [0.15, 0.2) is 0 Å². The summed E-state index contributed by atoms with van der Waals surface area (Å²) in [7, 11) is 1.95. The van der Waals surface area contributed by atoms with Crippen molar-refractivity contribution in [3.05, 3.63) is 17.0 Å². The van der Waals surface area contributed by atoms with E-state index in [0.29, 0.717) is 0 Å². The number of aliphatic carboxylic acids is 1. The summed E-state index contributed by atoms with van der Waals surface area (Å²) in [6.45, 7) is 5.63. The molecule has 1 aliphatic rings. The molecule has 1 fully saturated rings. The Morgan fingerprint density at radius 2 is 2.21 bits per heavy atom. The van der Waals surface area contributed by atoms with Gasteiger partial charge in [-0.25, -0.2) is 0 Å². The smallest absolute Gasteiger partial charge is 0.306 e. The van der Waals surface area contributed by atoms with E-state index >= 15 is 0 Å². The van der Waals surface area contributed by atoms with E-state index < -0.39 is 5.97 Å². The molecule has 5 nitrogen and oxygen atoms in total. The molecule has 5 heteroatoms. The fourth-order valence-corrected chi connectivity index (χ4v) is 3.06. The highest BCUT2D eigenvalue weighted by molar-refractivity contribution is 5.70. The third-order valence-corrected chi connectivity index (χ3v) is 4.34. The molecular formula is C14H23N3O2. The summed E-state index contributed by atoms with van der Waals surface area (Å²) in [5.74, 6) is -0.531. The van der Waals surface area contributed by atoms with E-state index in [1.165, 1.54) is 11.3 Å². The molecule has 2 rings (SSSR count). The van der Waals surface area contributed by atoms with Crippen LogP contribution in [0.1, 0.15) is 36.2 Å². The van der Waals surface area contributed by atoms with Crippen molar-refractivity contribution in [2.75, 3.05) is 6.54 Å². The first-order valence-electron chi connectivity index (χ1n) is 6.93. The fourth-order valence-electron chi connectivity index (χ4n) is 3.06. The zero-order chi connectivity index (χ0) is 14.0. The van der Waals surface area contributed by atoms with Crippen LogP contribution in [-0.4, -0.2) is 27.4 Å². The van der Waals surface area contributed by atoms with Gasteiger partial charge in [-0.1, -0.05) is 6.42 Å². The van der Waals surface area contributed by atoms with E-state index in [2.05, 4.69) is 17.3 Å². The average molecular weight is 265 g/mol. The van der Waals surface area contributed by atoms with Crippen molar-refractivity contribution in [1.29, 1.82) is 0 Å². The zero-order valence-corrected chi connectivity index (χ0v) is 11.9. The molecule has 19 heavy (non-hydrogen) atoms. The normalized spacial score (nSPS) is 22.9. The van der Waals surface area contributed by atoms with Gasteiger partial charge in [-0.3, -0.25) is 9.48 Å². The summed E-state index contributed by atoms with van der Waals surface area (Å²) in [4.78, 5) is 11.1. The molecule has 0 aliphatic heterocycles. The molecule has 1 heterocycles. The lowest BCUT2D eigenvalue weighted by Crippen LogP contribution is -2.29. The first-order chi connectivity index (χ1) is 9.00. The van der Waals surface area contributed by atoms with Crippen molar-refractivity contribution >= 4 is 5.97 Å². The van der Waals surface area contributed by atoms with Crippen LogP contribution in [0.15, 0.2) is 0 Å². The second kappa shape index (κ2) is 5.74. The highest BCUT2D eigenvalue weighted by atomic mass is 16.4. The molecule has 2 unspecified atom stereocenters. The van der Waals surface area contributed by atoms with E-state index in [1.54, 1.807) is 0 Å². The van der Waals surface area contributed by atoms with Crippen LogP contribution < -0.4 is 5.32 Å². The monoisotopic (exact) mass is 265 g/mol. The van der Waals surface area contributed by atoms with Gasteiger partial charge in [-0.15, -0.1) is 0 Å². The Morgan fingerprint density at radius 1 is 1.47 bits per heavy atom. The Balaban J connectivity index is 1.88. The summed E-state index contributed by atoms with van der Waals surface area (Å²) < 4.78 is 1.89. The molecule has 0 aromatic carbocycles. The minimum absolute atomic E-state index is 0.163. The molecule has 0 bridgehead atoms. The van der Waals surface area contributed by atoms with Gasteiger partial charge in [0, 0.05) is 24.8 Å². The van der Waals surface area contributed by atoms with Crippen LogP contribution in [0.25, 0.3) is 0 Å². The van der Waals surface area contributed by atoms with Crippen LogP contribution in [0.5, 0.6) is 0 Å². The van der Waals surface area contributed by atoms with Gasteiger partial charge in [-0.05, 0) is 39.2 Å². The Hall–Kier alpha value is -1.36. The fraction of sp³-hybridized carbons (Fsp3) is 0.714. The SMILES string of the molecule is Cc1nn(C)c(C)c1CNCC1CCCC1C(=O)O. The number of rotatable bonds is 5. The zero-order valence-electron chi connectivity index (χ0n) is 11.9. The molecule has 0 amide bonds. The van der Waals surface area contributed by atoms with Crippen LogP contribution in [-0.2, 0) is 18.4 Å². The van der Waals surface area contributed by atoms with Crippen molar-refractivity contribution < 1.29 is 9.90 Å². The molecule has 0 saturated heterocycles. The molecule has 1 aromatic rings. The molecule has 1 saturated carbocycles. The van der Waals surface area contributed by atoms with Gasteiger partial charge in [0.1, 0.15) is 0 Å². The van der Waals surface area contributed by atoms with Crippen molar-refractivity contribution in [3.8, 4) is 0 Å². The van der Waals surface area contributed by atoms with Gasteiger partial charge >= 0.3 is 5.97 Å². The van der Waals surface area contributed by atoms with Crippen molar-refractivity contribution in [1.82, 2.24) is 15.1 Å². The van der Waals surface area contributed by atoms with Gasteiger partial charge in [0.05, 0.1) is 11.6 Å². The summed E-state index contributed by atoms with van der Waals surface area (Å²) >= 11 is 0. The van der Waals surface area contributed by atoms with E-state index in [9.17, 15) is 4.79 Å². The lowest BCUT2D eigenvalue weighted by Gasteiger charge is -2.16. The van der Waals surface area contributed by atoms with Gasteiger partial charge in [-0.2, -0.15) is 5.10 Å². The molecule has 1 aromatic heterocycles. The number of hydrogen-bond donors (Lipinski definition) is 2. The first kappa shape index (κ1) is 14.1. The van der Waals surface area contributed by atoms with E-state index in [0.717, 1.165) is 38.0 Å². The second-order valence-corrected chi connectivity index (χ2v) is 5.54. The molecular weight excluding hydrogens is 242 g/mol. The van der Waals surface area contributed by atoms with E-state index in [4.69, 9.17) is 5.11 Å². The highest BCUT2D eigenvalue weighted by Crippen LogP contribution is 2.31. The molecule has 0 spiro atoms. The van der Waals surface area contributed by atoms with Gasteiger partial charge in [0.2, 0.25) is 0 Å². The molecule has 0 radical (unpaired) electrons. The molecule has 106 valence electrons. The second-order valence-electron chi connectivity index (χ2n) is 5.54. The molecule has 2 N–H and O–H groups in total. The van der Waals surface area contributed by atoms with Crippen LogP contribution in [0.2, 0.25) is 0 Å². The maximum absolute atomic E-state index is 11.1. The minimum atomic E-state index is -0.641.